The van der Waals surface area contributed by atoms with Gasteiger partial charge in [0.25, 0.3) is 0 Å². The first-order valence-electron chi connectivity index (χ1n) is 9.65. The quantitative estimate of drug-likeness (QED) is 0.876. The molecule has 2 aromatic rings. The van der Waals surface area contributed by atoms with Gasteiger partial charge in [0, 0.05) is 43.1 Å². The Hall–Kier alpha value is -2.37. The number of pyridine rings is 1. The van der Waals surface area contributed by atoms with Crippen LogP contribution in [0.25, 0.3) is 0 Å². The second-order valence-corrected chi connectivity index (χ2v) is 9.35. The molecule has 0 aromatic carbocycles. The summed E-state index contributed by atoms with van der Waals surface area (Å²) in [7, 11) is 0. The van der Waals surface area contributed by atoms with Crippen LogP contribution in [0.5, 0.6) is 0 Å². The molecule has 0 amide bonds. The van der Waals surface area contributed by atoms with Crippen molar-refractivity contribution < 1.29 is 0 Å². The Morgan fingerprint density at radius 2 is 1.48 bits per heavy atom. The molecule has 2 N–H and O–H groups in total. The van der Waals surface area contributed by atoms with E-state index in [9.17, 15) is 0 Å². The van der Waals surface area contributed by atoms with Crippen molar-refractivity contribution in [3.05, 3.63) is 35.9 Å². The van der Waals surface area contributed by atoms with E-state index in [0.29, 0.717) is 5.82 Å². The zero-order valence-corrected chi connectivity index (χ0v) is 17.5. The van der Waals surface area contributed by atoms with Crippen molar-refractivity contribution in [1.29, 1.82) is 0 Å². The zero-order chi connectivity index (χ0) is 19.8. The smallest absolute Gasteiger partial charge is 0.136 e. The van der Waals surface area contributed by atoms with Gasteiger partial charge in [-0.1, -0.05) is 41.5 Å². The van der Waals surface area contributed by atoms with Crippen LogP contribution in [0.4, 0.5) is 17.3 Å². The Morgan fingerprint density at radius 1 is 0.852 bits per heavy atom. The van der Waals surface area contributed by atoms with Crippen LogP contribution in [0.2, 0.25) is 0 Å². The second-order valence-electron chi connectivity index (χ2n) is 9.35. The third-order valence-corrected chi connectivity index (χ3v) is 4.89. The highest BCUT2D eigenvalue weighted by Gasteiger charge is 2.26. The van der Waals surface area contributed by atoms with E-state index in [1.54, 1.807) is 0 Å². The molecular formula is C21H32N6. The summed E-state index contributed by atoms with van der Waals surface area (Å²) >= 11 is 0. The van der Waals surface area contributed by atoms with Crippen molar-refractivity contribution in [2.45, 2.75) is 52.4 Å². The maximum atomic E-state index is 5.70. The van der Waals surface area contributed by atoms with Crippen LogP contribution < -0.4 is 15.5 Å². The average molecular weight is 369 g/mol. The number of piperazine rings is 1. The monoisotopic (exact) mass is 368 g/mol. The van der Waals surface area contributed by atoms with Gasteiger partial charge in [-0.25, -0.2) is 15.0 Å². The molecule has 27 heavy (non-hydrogen) atoms. The third-order valence-electron chi connectivity index (χ3n) is 4.89. The maximum absolute atomic E-state index is 5.70. The number of nitrogens with zero attached hydrogens (tertiary/aromatic N) is 5. The lowest BCUT2D eigenvalue weighted by molar-refractivity contribution is 0.511. The second kappa shape index (κ2) is 6.98. The first-order chi connectivity index (χ1) is 12.5. The lowest BCUT2D eigenvalue weighted by atomic mass is 9.90. The van der Waals surface area contributed by atoms with E-state index < -0.39 is 0 Å². The molecule has 1 aliphatic heterocycles. The fraction of sp³-hybridized carbons (Fsp3) is 0.571. The van der Waals surface area contributed by atoms with Crippen LogP contribution in [0.15, 0.2) is 24.4 Å². The van der Waals surface area contributed by atoms with E-state index in [1.807, 2.05) is 18.3 Å². The average Bonchev–Trinajstić information content (AvgIpc) is 2.61. The molecule has 0 aliphatic carbocycles. The summed E-state index contributed by atoms with van der Waals surface area (Å²) in [5.41, 5.74) is 7.84. The molecule has 3 rings (SSSR count). The van der Waals surface area contributed by atoms with Crippen molar-refractivity contribution in [3.8, 4) is 0 Å². The molecule has 1 saturated heterocycles. The third kappa shape index (κ3) is 4.49. The largest absolute Gasteiger partial charge is 0.384 e. The summed E-state index contributed by atoms with van der Waals surface area (Å²) in [6.07, 6.45) is 1.85. The number of hydrogen-bond acceptors (Lipinski definition) is 6. The van der Waals surface area contributed by atoms with Gasteiger partial charge in [-0.2, -0.15) is 0 Å². The molecule has 0 atom stereocenters. The molecule has 1 fully saturated rings. The normalized spacial score (nSPS) is 15.9. The van der Waals surface area contributed by atoms with Gasteiger partial charge in [0.2, 0.25) is 0 Å². The number of hydrogen-bond donors (Lipinski definition) is 1. The summed E-state index contributed by atoms with van der Waals surface area (Å²) < 4.78 is 0. The van der Waals surface area contributed by atoms with Crippen LogP contribution in [0, 0.1) is 0 Å². The van der Waals surface area contributed by atoms with Crippen LogP contribution in [-0.2, 0) is 10.8 Å². The molecule has 0 bridgehead atoms. The highest BCUT2D eigenvalue weighted by atomic mass is 15.3. The van der Waals surface area contributed by atoms with Gasteiger partial charge in [0.1, 0.15) is 17.5 Å². The van der Waals surface area contributed by atoms with Gasteiger partial charge < -0.3 is 15.5 Å². The Labute approximate surface area is 162 Å². The standard InChI is InChI=1S/C21H32N6/c1-20(2,3)16-13-18(25-19(24-16)21(4,5)6)27-11-9-26(10-12-27)15-7-8-17(22)23-14-15/h7-8,13-14H,9-12H2,1-6H3,(H2,22,23). The lowest BCUT2D eigenvalue weighted by Crippen LogP contribution is -2.47. The number of anilines is 3. The first kappa shape index (κ1) is 19.4. The molecular weight excluding hydrogens is 336 g/mol. The Balaban J connectivity index is 1.82. The lowest BCUT2D eigenvalue weighted by Gasteiger charge is -2.37. The van der Waals surface area contributed by atoms with Gasteiger partial charge in [-0.3, -0.25) is 0 Å². The Bertz CT molecular complexity index is 746. The topological polar surface area (TPSA) is 71.2 Å². The molecule has 6 heteroatoms. The highest BCUT2D eigenvalue weighted by molar-refractivity contribution is 5.51. The SMILES string of the molecule is CC(C)(C)c1cc(N2CCN(c3ccc(N)nc3)CC2)nc(C(C)(C)C)n1. The number of aromatic nitrogens is 3. The Morgan fingerprint density at radius 3 is 2.00 bits per heavy atom. The minimum absolute atomic E-state index is 0.00481. The van der Waals surface area contributed by atoms with Gasteiger partial charge in [-0.05, 0) is 12.1 Å². The van der Waals surface area contributed by atoms with Crippen LogP contribution in [-0.4, -0.2) is 41.1 Å². The van der Waals surface area contributed by atoms with Gasteiger partial charge in [0.15, 0.2) is 0 Å². The van der Waals surface area contributed by atoms with Crippen LogP contribution in [0.1, 0.15) is 53.1 Å². The summed E-state index contributed by atoms with van der Waals surface area (Å²) in [5.74, 6) is 2.51. The van der Waals surface area contributed by atoms with E-state index in [-0.39, 0.29) is 10.8 Å². The van der Waals surface area contributed by atoms with E-state index >= 15 is 0 Å². The molecule has 3 heterocycles. The van der Waals surface area contributed by atoms with Gasteiger partial charge in [0.05, 0.1) is 17.6 Å². The van der Waals surface area contributed by atoms with E-state index in [2.05, 4.69) is 62.4 Å². The molecule has 1 aliphatic rings. The molecule has 0 spiro atoms. The summed E-state index contributed by atoms with van der Waals surface area (Å²) in [6.45, 7) is 16.9. The molecule has 146 valence electrons. The number of nitrogens with two attached hydrogens (primary N) is 1. The van der Waals surface area contributed by atoms with Crippen molar-refractivity contribution in [2.75, 3.05) is 41.7 Å². The summed E-state index contributed by atoms with van der Waals surface area (Å²) in [5, 5.41) is 0. The first-order valence-corrected chi connectivity index (χ1v) is 9.65. The predicted molar refractivity (Wildman–Crippen MR) is 113 cm³/mol. The summed E-state index contributed by atoms with van der Waals surface area (Å²) in [4.78, 5) is 18.7. The summed E-state index contributed by atoms with van der Waals surface area (Å²) in [6, 6.07) is 6.06. The Kier molecular flexibility index (Phi) is 5.02. The van der Waals surface area contributed by atoms with Crippen molar-refractivity contribution >= 4 is 17.3 Å². The zero-order valence-electron chi connectivity index (χ0n) is 17.5. The molecule has 2 aromatic heterocycles. The van der Waals surface area contributed by atoms with Crippen molar-refractivity contribution in [1.82, 2.24) is 15.0 Å². The van der Waals surface area contributed by atoms with Crippen LogP contribution >= 0.6 is 0 Å². The molecule has 0 radical (unpaired) electrons. The number of rotatable bonds is 2. The minimum atomic E-state index is -0.0759. The highest BCUT2D eigenvalue weighted by Crippen LogP contribution is 2.29. The molecule has 0 unspecified atom stereocenters. The van der Waals surface area contributed by atoms with E-state index in [1.165, 1.54) is 0 Å². The van der Waals surface area contributed by atoms with Gasteiger partial charge in [-0.15, -0.1) is 0 Å². The minimum Gasteiger partial charge on any atom is -0.384 e. The molecule has 6 nitrogen and oxygen atoms in total. The maximum Gasteiger partial charge on any atom is 0.136 e. The fourth-order valence-electron chi connectivity index (χ4n) is 3.09. The number of nitrogen functional groups attached to an aromatic ring is 1. The van der Waals surface area contributed by atoms with Crippen molar-refractivity contribution in [2.24, 2.45) is 0 Å². The van der Waals surface area contributed by atoms with Gasteiger partial charge >= 0.3 is 0 Å². The van der Waals surface area contributed by atoms with Crippen molar-refractivity contribution in [3.63, 3.8) is 0 Å². The predicted octanol–water partition coefficient (Wildman–Crippen LogP) is 3.38. The molecule has 0 saturated carbocycles. The van der Waals surface area contributed by atoms with E-state index in [0.717, 1.165) is 49.2 Å². The fourth-order valence-corrected chi connectivity index (χ4v) is 3.09. The van der Waals surface area contributed by atoms with Crippen LogP contribution in [0.3, 0.4) is 0 Å². The van der Waals surface area contributed by atoms with E-state index in [4.69, 9.17) is 15.7 Å².